The number of nitrogens with one attached hydrogen (secondary N) is 2. The van der Waals surface area contributed by atoms with Crippen molar-refractivity contribution in [2.24, 2.45) is 0 Å². The van der Waals surface area contributed by atoms with Crippen LogP contribution in [0.2, 0.25) is 0 Å². The number of hydrogen-bond donors (Lipinski definition) is 2. The number of carbonyl (C=O) groups is 2. The first-order valence-electron chi connectivity index (χ1n) is 7.44. The Morgan fingerprint density at radius 3 is 2.86 bits per heavy atom. The average Bonchev–Trinajstić information content (AvgIpc) is 2.66. The molecule has 0 bridgehead atoms. The largest absolute Gasteiger partial charge is 0.329 e. The lowest BCUT2D eigenvalue weighted by Crippen LogP contribution is -2.44. The smallest absolute Gasteiger partial charge is 0.311 e. The number of rotatable bonds is 1. The molecule has 2 amide bonds. The van der Waals surface area contributed by atoms with E-state index in [0.29, 0.717) is 26.1 Å². The Morgan fingerprint density at radius 1 is 1.18 bits per heavy atom. The molecule has 1 aromatic heterocycles. The fraction of sp³-hybridized carbons (Fsp3) is 0.400. The first-order valence-corrected chi connectivity index (χ1v) is 7.44. The van der Waals surface area contributed by atoms with Gasteiger partial charge in [0.15, 0.2) is 0 Å². The summed E-state index contributed by atoms with van der Waals surface area (Å²) in [6, 6.07) is 5.14. The van der Waals surface area contributed by atoms with Crippen LogP contribution < -0.4 is 16.3 Å². The Kier molecular flexibility index (Phi) is 2.90. The number of piperidine rings is 1. The normalized spacial score (nSPS) is 21.7. The van der Waals surface area contributed by atoms with E-state index in [-0.39, 0.29) is 18.0 Å². The van der Waals surface area contributed by atoms with Crippen LogP contribution in [0.5, 0.6) is 0 Å². The number of carbonyl (C=O) groups excluding carboxylic acids is 2. The number of imidazole rings is 1. The van der Waals surface area contributed by atoms with E-state index in [1.54, 1.807) is 9.13 Å². The van der Waals surface area contributed by atoms with Crippen molar-refractivity contribution in [3.8, 4) is 0 Å². The third kappa shape index (κ3) is 1.82. The molecule has 1 fully saturated rings. The topological polar surface area (TPSA) is 85.1 Å². The molecule has 1 saturated heterocycles. The molecule has 1 unspecified atom stereocenters. The predicted molar refractivity (Wildman–Crippen MR) is 79.3 cm³/mol. The van der Waals surface area contributed by atoms with E-state index >= 15 is 0 Å². The second-order valence-corrected chi connectivity index (χ2v) is 5.73. The number of nitrogens with zero attached hydrogens (tertiary/aromatic N) is 2. The van der Waals surface area contributed by atoms with Crippen molar-refractivity contribution in [3.05, 3.63) is 34.2 Å². The highest BCUT2D eigenvalue weighted by Gasteiger charge is 2.32. The summed E-state index contributed by atoms with van der Waals surface area (Å²) in [4.78, 5) is 36.3. The lowest BCUT2D eigenvalue weighted by molar-refractivity contribution is -0.135. The SMILES string of the molecule is O=C1CCC(n2c(=O)n3c4c(cccc42)CNCC3)C(=O)N1. The zero-order valence-electron chi connectivity index (χ0n) is 12.0. The molecule has 4 rings (SSSR count). The highest BCUT2D eigenvalue weighted by atomic mass is 16.2. The maximum Gasteiger partial charge on any atom is 0.329 e. The summed E-state index contributed by atoms with van der Waals surface area (Å²) < 4.78 is 3.28. The molecule has 7 heteroatoms. The summed E-state index contributed by atoms with van der Waals surface area (Å²) in [7, 11) is 0. The lowest BCUT2D eigenvalue weighted by atomic mass is 10.1. The first kappa shape index (κ1) is 13.3. The number of hydrogen-bond acceptors (Lipinski definition) is 4. The van der Waals surface area contributed by atoms with Gasteiger partial charge in [-0.1, -0.05) is 12.1 Å². The average molecular weight is 300 g/mol. The van der Waals surface area contributed by atoms with Crippen molar-refractivity contribution in [1.82, 2.24) is 19.8 Å². The van der Waals surface area contributed by atoms with Gasteiger partial charge in [0.2, 0.25) is 11.8 Å². The molecule has 2 N–H and O–H groups in total. The van der Waals surface area contributed by atoms with Crippen LogP contribution in [0.4, 0.5) is 0 Å². The number of aromatic nitrogens is 2. The highest BCUT2D eigenvalue weighted by Crippen LogP contribution is 2.25. The summed E-state index contributed by atoms with van der Waals surface area (Å²) in [5.74, 6) is -0.665. The molecule has 0 aliphatic carbocycles. The zero-order valence-corrected chi connectivity index (χ0v) is 12.0. The van der Waals surface area contributed by atoms with Crippen LogP contribution in [-0.4, -0.2) is 27.5 Å². The van der Waals surface area contributed by atoms with Gasteiger partial charge in [0.05, 0.1) is 11.0 Å². The Labute approximate surface area is 125 Å². The van der Waals surface area contributed by atoms with Crippen LogP contribution in [0, 0.1) is 0 Å². The molecule has 22 heavy (non-hydrogen) atoms. The Morgan fingerprint density at radius 2 is 2.05 bits per heavy atom. The maximum absolute atomic E-state index is 12.8. The molecule has 0 saturated carbocycles. The van der Waals surface area contributed by atoms with Gasteiger partial charge in [-0.25, -0.2) is 4.79 Å². The van der Waals surface area contributed by atoms with E-state index in [2.05, 4.69) is 10.6 Å². The van der Waals surface area contributed by atoms with Gasteiger partial charge < -0.3 is 5.32 Å². The molecule has 1 atom stereocenters. The molecular formula is C15H16N4O3. The molecule has 2 aliphatic rings. The van der Waals surface area contributed by atoms with Crippen molar-refractivity contribution >= 4 is 22.8 Å². The second kappa shape index (κ2) is 4.81. The molecule has 2 aromatic rings. The van der Waals surface area contributed by atoms with Crippen LogP contribution in [0.1, 0.15) is 24.4 Å². The molecule has 3 heterocycles. The fourth-order valence-corrected chi connectivity index (χ4v) is 3.41. The number of para-hydroxylation sites is 1. The van der Waals surface area contributed by atoms with Gasteiger partial charge in [-0.3, -0.25) is 24.0 Å². The number of imide groups is 1. The summed E-state index contributed by atoms with van der Waals surface area (Å²) in [6.45, 7) is 1.99. The highest BCUT2D eigenvalue weighted by molar-refractivity contribution is 6.00. The predicted octanol–water partition coefficient (Wildman–Crippen LogP) is -0.116. The van der Waals surface area contributed by atoms with E-state index < -0.39 is 11.9 Å². The van der Waals surface area contributed by atoms with E-state index in [1.807, 2.05) is 18.2 Å². The maximum atomic E-state index is 12.8. The van der Waals surface area contributed by atoms with E-state index in [4.69, 9.17) is 0 Å². The summed E-state index contributed by atoms with van der Waals surface area (Å²) in [5, 5.41) is 5.62. The minimum atomic E-state index is -0.614. The monoisotopic (exact) mass is 300 g/mol. The van der Waals surface area contributed by atoms with E-state index in [0.717, 1.165) is 16.6 Å². The van der Waals surface area contributed by atoms with Crippen molar-refractivity contribution in [3.63, 3.8) is 0 Å². The van der Waals surface area contributed by atoms with Gasteiger partial charge in [0, 0.05) is 26.1 Å². The molecule has 0 spiro atoms. The quantitative estimate of drug-likeness (QED) is 0.719. The van der Waals surface area contributed by atoms with Crippen LogP contribution in [0.15, 0.2) is 23.0 Å². The molecular weight excluding hydrogens is 284 g/mol. The van der Waals surface area contributed by atoms with Crippen molar-refractivity contribution < 1.29 is 9.59 Å². The fourth-order valence-electron chi connectivity index (χ4n) is 3.41. The Balaban J connectivity index is 1.96. The van der Waals surface area contributed by atoms with E-state index in [1.165, 1.54) is 0 Å². The molecule has 1 aromatic carbocycles. The lowest BCUT2D eigenvalue weighted by Gasteiger charge is -2.22. The summed E-state index contributed by atoms with van der Waals surface area (Å²) in [6.07, 6.45) is 0.628. The van der Waals surface area contributed by atoms with Crippen molar-refractivity contribution in [2.45, 2.75) is 32.0 Å². The van der Waals surface area contributed by atoms with Crippen LogP contribution in [0.25, 0.3) is 11.0 Å². The van der Waals surface area contributed by atoms with Crippen molar-refractivity contribution in [2.75, 3.05) is 6.54 Å². The molecule has 114 valence electrons. The van der Waals surface area contributed by atoms with Crippen LogP contribution >= 0.6 is 0 Å². The van der Waals surface area contributed by atoms with Crippen LogP contribution in [-0.2, 0) is 22.7 Å². The van der Waals surface area contributed by atoms with Gasteiger partial charge in [-0.2, -0.15) is 0 Å². The summed E-state index contributed by atoms with van der Waals surface area (Å²) in [5.41, 5.74) is 2.53. The second-order valence-electron chi connectivity index (χ2n) is 5.73. The minimum Gasteiger partial charge on any atom is -0.311 e. The van der Waals surface area contributed by atoms with Crippen LogP contribution in [0.3, 0.4) is 0 Å². The van der Waals surface area contributed by atoms with Gasteiger partial charge in [-0.05, 0) is 18.1 Å². The Bertz CT molecular complexity index is 848. The van der Waals surface area contributed by atoms with Crippen molar-refractivity contribution in [1.29, 1.82) is 0 Å². The Hall–Kier alpha value is -2.41. The first-order chi connectivity index (χ1) is 10.7. The standard InChI is InChI=1S/C15H16N4O3/c20-12-5-4-11(14(21)17-12)19-10-3-1-2-9-8-16-6-7-18(13(9)10)15(19)22/h1-3,11,16H,4-8H2,(H,17,20,21). The van der Waals surface area contributed by atoms with Gasteiger partial charge in [-0.15, -0.1) is 0 Å². The minimum absolute atomic E-state index is 0.180. The number of benzene rings is 1. The molecule has 0 radical (unpaired) electrons. The van der Waals surface area contributed by atoms with E-state index in [9.17, 15) is 14.4 Å². The number of amides is 2. The molecule has 2 aliphatic heterocycles. The van der Waals surface area contributed by atoms with Gasteiger partial charge in [0.25, 0.3) is 0 Å². The molecule has 7 nitrogen and oxygen atoms in total. The van der Waals surface area contributed by atoms with Gasteiger partial charge >= 0.3 is 5.69 Å². The van der Waals surface area contributed by atoms with Gasteiger partial charge in [0.1, 0.15) is 6.04 Å². The third-order valence-corrected chi connectivity index (χ3v) is 4.41. The zero-order chi connectivity index (χ0) is 15.3. The summed E-state index contributed by atoms with van der Waals surface area (Å²) >= 11 is 0. The third-order valence-electron chi connectivity index (χ3n) is 4.41.